The van der Waals surface area contributed by atoms with E-state index < -0.39 is 6.04 Å². The highest BCUT2D eigenvalue weighted by Gasteiger charge is 2.22. The quantitative estimate of drug-likeness (QED) is 0.666. The van der Waals surface area contributed by atoms with Crippen molar-refractivity contribution in [3.63, 3.8) is 0 Å². The van der Waals surface area contributed by atoms with Crippen LogP contribution in [-0.2, 0) is 0 Å². The SMILES string of the molecule is Cc1cc(C)c(C(NN)c2sccc2Cl)c(F)c1. The van der Waals surface area contributed by atoms with Gasteiger partial charge in [-0.3, -0.25) is 5.84 Å². The summed E-state index contributed by atoms with van der Waals surface area (Å²) in [5, 5.41) is 2.46. The summed E-state index contributed by atoms with van der Waals surface area (Å²) < 4.78 is 14.1. The number of nitrogens with two attached hydrogens (primary N) is 1. The molecule has 1 atom stereocenters. The summed E-state index contributed by atoms with van der Waals surface area (Å²) in [5.74, 6) is 5.31. The zero-order valence-corrected chi connectivity index (χ0v) is 11.7. The predicted octanol–water partition coefficient (Wildman–Crippen LogP) is 3.71. The molecule has 0 aliphatic rings. The van der Waals surface area contributed by atoms with E-state index in [0.29, 0.717) is 10.6 Å². The van der Waals surface area contributed by atoms with Gasteiger partial charge in [0.15, 0.2) is 0 Å². The Bertz CT molecular complexity index is 545. The lowest BCUT2D eigenvalue weighted by Gasteiger charge is -2.19. The van der Waals surface area contributed by atoms with Crippen molar-refractivity contribution in [1.29, 1.82) is 0 Å². The van der Waals surface area contributed by atoms with Gasteiger partial charge in [-0.2, -0.15) is 0 Å². The molecule has 0 bridgehead atoms. The van der Waals surface area contributed by atoms with E-state index in [2.05, 4.69) is 5.43 Å². The summed E-state index contributed by atoms with van der Waals surface area (Å²) in [4.78, 5) is 0.824. The van der Waals surface area contributed by atoms with E-state index in [1.807, 2.05) is 25.3 Å². The van der Waals surface area contributed by atoms with E-state index in [4.69, 9.17) is 17.4 Å². The first-order chi connectivity index (χ1) is 8.54. The molecule has 2 rings (SSSR count). The van der Waals surface area contributed by atoms with Gasteiger partial charge in [0.25, 0.3) is 0 Å². The molecule has 1 aromatic heterocycles. The standard InChI is InChI=1S/C13H14ClFN2S/c1-7-5-8(2)11(10(15)6-7)12(17-16)13-9(14)3-4-18-13/h3-6,12,17H,16H2,1-2H3. The maximum Gasteiger partial charge on any atom is 0.128 e. The molecule has 2 nitrogen and oxygen atoms in total. The Morgan fingerprint density at radius 3 is 2.61 bits per heavy atom. The zero-order chi connectivity index (χ0) is 13.3. The van der Waals surface area contributed by atoms with Crippen LogP contribution < -0.4 is 11.3 Å². The summed E-state index contributed by atoms with van der Waals surface area (Å²) in [7, 11) is 0. The Kier molecular flexibility index (Phi) is 4.02. The highest BCUT2D eigenvalue weighted by Crippen LogP contribution is 2.35. The van der Waals surface area contributed by atoms with Gasteiger partial charge in [0.05, 0.1) is 11.1 Å². The Balaban J connectivity index is 2.56. The smallest absolute Gasteiger partial charge is 0.128 e. The molecule has 0 spiro atoms. The summed E-state index contributed by atoms with van der Waals surface area (Å²) in [6.45, 7) is 3.74. The van der Waals surface area contributed by atoms with Gasteiger partial charge in [0.2, 0.25) is 0 Å². The van der Waals surface area contributed by atoms with Crippen molar-refractivity contribution in [3.8, 4) is 0 Å². The van der Waals surface area contributed by atoms with E-state index in [-0.39, 0.29) is 5.82 Å². The fourth-order valence-corrected chi connectivity index (χ4v) is 3.33. The van der Waals surface area contributed by atoms with Crippen molar-refractivity contribution in [2.24, 2.45) is 5.84 Å². The lowest BCUT2D eigenvalue weighted by atomic mass is 9.97. The van der Waals surface area contributed by atoms with Crippen molar-refractivity contribution in [2.45, 2.75) is 19.9 Å². The van der Waals surface area contributed by atoms with Crippen molar-refractivity contribution >= 4 is 22.9 Å². The summed E-state index contributed by atoms with van der Waals surface area (Å²) >= 11 is 7.55. The number of hydrogen-bond donors (Lipinski definition) is 2. The number of thiophene rings is 1. The molecule has 96 valence electrons. The number of benzene rings is 1. The lowest BCUT2D eigenvalue weighted by molar-refractivity contribution is 0.560. The molecule has 0 amide bonds. The number of hydrogen-bond acceptors (Lipinski definition) is 3. The first-order valence-corrected chi connectivity index (χ1v) is 6.76. The number of aryl methyl sites for hydroxylation is 2. The van der Waals surface area contributed by atoms with E-state index in [0.717, 1.165) is 16.0 Å². The normalized spacial score (nSPS) is 12.7. The van der Waals surface area contributed by atoms with Crippen LogP contribution in [0.1, 0.15) is 27.6 Å². The second-order valence-corrected chi connectivity index (χ2v) is 5.56. The molecule has 18 heavy (non-hydrogen) atoms. The van der Waals surface area contributed by atoms with Gasteiger partial charge in [-0.05, 0) is 42.5 Å². The van der Waals surface area contributed by atoms with E-state index in [1.165, 1.54) is 17.4 Å². The minimum Gasteiger partial charge on any atom is -0.271 e. The minimum absolute atomic E-state index is 0.264. The lowest BCUT2D eigenvalue weighted by Crippen LogP contribution is -2.29. The molecule has 5 heteroatoms. The van der Waals surface area contributed by atoms with Gasteiger partial charge in [-0.15, -0.1) is 11.3 Å². The van der Waals surface area contributed by atoms with E-state index >= 15 is 0 Å². The third-order valence-electron chi connectivity index (χ3n) is 2.84. The molecule has 1 aromatic carbocycles. The van der Waals surface area contributed by atoms with Gasteiger partial charge in [-0.25, -0.2) is 9.82 Å². The molecular weight excluding hydrogens is 271 g/mol. The van der Waals surface area contributed by atoms with Crippen LogP contribution in [0, 0.1) is 19.7 Å². The Labute approximate surface area is 115 Å². The summed E-state index contributed by atoms with van der Waals surface area (Å²) in [5.41, 5.74) is 4.95. The zero-order valence-electron chi connectivity index (χ0n) is 10.1. The minimum atomic E-state index is -0.418. The van der Waals surface area contributed by atoms with Crippen LogP contribution in [0.3, 0.4) is 0 Å². The third-order valence-corrected chi connectivity index (χ3v) is 4.27. The fourth-order valence-electron chi connectivity index (χ4n) is 2.09. The maximum atomic E-state index is 14.1. The number of hydrazine groups is 1. The topological polar surface area (TPSA) is 38.0 Å². The van der Waals surface area contributed by atoms with Crippen LogP contribution >= 0.6 is 22.9 Å². The monoisotopic (exact) mass is 284 g/mol. The summed E-state index contributed by atoms with van der Waals surface area (Å²) in [6, 6.07) is 4.81. The van der Waals surface area contributed by atoms with Gasteiger partial charge in [0, 0.05) is 10.4 Å². The number of rotatable bonds is 3. The molecule has 1 heterocycles. The van der Waals surface area contributed by atoms with Gasteiger partial charge in [-0.1, -0.05) is 17.7 Å². The summed E-state index contributed by atoms with van der Waals surface area (Å²) in [6.07, 6.45) is 0. The van der Waals surface area contributed by atoms with Crippen molar-refractivity contribution in [1.82, 2.24) is 5.43 Å². The molecule has 0 saturated heterocycles. The first-order valence-electron chi connectivity index (χ1n) is 5.50. The highest BCUT2D eigenvalue weighted by molar-refractivity contribution is 7.10. The van der Waals surface area contributed by atoms with Crippen LogP contribution in [-0.4, -0.2) is 0 Å². The second kappa shape index (κ2) is 5.36. The fraction of sp³-hybridized carbons (Fsp3) is 0.231. The van der Waals surface area contributed by atoms with Crippen LogP contribution in [0.2, 0.25) is 5.02 Å². The number of nitrogens with one attached hydrogen (secondary N) is 1. The Morgan fingerprint density at radius 1 is 1.39 bits per heavy atom. The average Bonchev–Trinajstić information content (AvgIpc) is 2.69. The molecule has 2 aromatic rings. The van der Waals surface area contributed by atoms with Crippen molar-refractivity contribution in [2.75, 3.05) is 0 Å². The van der Waals surface area contributed by atoms with Crippen LogP contribution in [0.4, 0.5) is 4.39 Å². The van der Waals surface area contributed by atoms with Gasteiger partial charge >= 0.3 is 0 Å². The van der Waals surface area contributed by atoms with Gasteiger partial charge in [0.1, 0.15) is 5.82 Å². The molecule has 0 fully saturated rings. The maximum absolute atomic E-state index is 14.1. The van der Waals surface area contributed by atoms with Crippen molar-refractivity contribution < 1.29 is 4.39 Å². The molecule has 0 aliphatic heterocycles. The largest absolute Gasteiger partial charge is 0.271 e. The van der Waals surface area contributed by atoms with E-state index in [9.17, 15) is 4.39 Å². The van der Waals surface area contributed by atoms with E-state index in [1.54, 1.807) is 6.07 Å². The average molecular weight is 285 g/mol. The Hall–Kier alpha value is -0.940. The second-order valence-electron chi connectivity index (χ2n) is 4.21. The van der Waals surface area contributed by atoms with Crippen LogP contribution in [0.15, 0.2) is 23.6 Å². The van der Waals surface area contributed by atoms with Crippen molar-refractivity contribution in [3.05, 3.63) is 56.0 Å². The van der Waals surface area contributed by atoms with Crippen LogP contribution in [0.25, 0.3) is 0 Å². The Morgan fingerprint density at radius 2 is 2.11 bits per heavy atom. The molecule has 1 unspecified atom stereocenters. The third kappa shape index (κ3) is 2.42. The molecular formula is C13H14ClFN2S. The van der Waals surface area contributed by atoms with Crippen LogP contribution in [0.5, 0.6) is 0 Å². The number of halogens is 2. The van der Waals surface area contributed by atoms with Gasteiger partial charge < -0.3 is 0 Å². The first kappa shape index (κ1) is 13.5. The molecule has 0 aliphatic carbocycles. The molecule has 0 saturated carbocycles. The molecule has 0 radical (unpaired) electrons. The highest BCUT2D eigenvalue weighted by atomic mass is 35.5. The molecule has 3 N–H and O–H groups in total. The predicted molar refractivity (Wildman–Crippen MR) is 74.4 cm³/mol.